The summed E-state index contributed by atoms with van der Waals surface area (Å²) in [5, 5.41) is 9.57. The van der Waals surface area contributed by atoms with E-state index in [0.717, 1.165) is 20.2 Å². The monoisotopic (exact) mass is 497 g/mol. The van der Waals surface area contributed by atoms with Crippen LogP contribution in [0.1, 0.15) is 5.56 Å². The molecule has 2 aromatic rings. The smallest absolute Gasteiger partial charge is 0.293 e. The van der Waals surface area contributed by atoms with E-state index in [1.54, 1.807) is 37.4 Å². The normalized spacial score (nSPS) is 15.5. The van der Waals surface area contributed by atoms with Gasteiger partial charge in [0.2, 0.25) is 0 Å². The highest BCUT2D eigenvalue weighted by atomic mass is 127. The third-order valence-electron chi connectivity index (χ3n) is 3.79. The number of aromatic hydroxyl groups is 1. The summed E-state index contributed by atoms with van der Waals surface area (Å²) in [5.74, 6) is 0.792. The van der Waals surface area contributed by atoms with Gasteiger partial charge in [-0.1, -0.05) is 12.1 Å². The van der Waals surface area contributed by atoms with Gasteiger partial charge < -0.3 is 14.6 Å². The van der Waals surface area contributed by atoms with Gasteiger partial charge in [0.15, 0.2) is 11.5 Å². The van der Waals surface area contributed by atoms with Crippen molar-refractivity contribution in [3.8, 4) is 17.2 Å². The van der Waals surface area contributed by atoms with E-state index >= 15 is 0 Å². The molecule has 1 saturated heterocycles. The number of carbonyl (C=O) groups is 2. The Balaban J connectivity index is 1.67. The molecule has 1 N–H and O–H groups in total. The standard InChI is InChI=1S/C19H16INO5S/c1-25-15-4-2-3-5-16(15)26-9-8-21-18(23)17(27-19(21)24)11-12-10-13(20)6-7-14(12)22/h2-7,10-11,22H,8-9H2,1H3/b17-11-. The molecule has 3 rings (SSSR count). The van der Waals surface area contributed by atoms with E-state index in [1.165, 1.54) is 6.08 Å². The lowest BCUT2D eigenvalue weighted by molar-refractivity contribution is -0.123. The van der Waals surface area contributed by atoms with Gasteiger partial charge in [-0.2, -0.15) is 0 Å². The van der Waals surface area contributed by atoms with Gasteiger partial charge in [0.05, 0.1) is 18.6 Å². The molecule has 1 fully saturated rings. The Labute approximate surface area is 174 Å². The van der Waals surface area contributed by atoms with Gasteiger partial charge in [0, 0.05) is 9.13 Å². The number of phenols is 1. The molecule has 27 heavy (non-hydrogen) atoms. The lowest BCUT2D eigenvalue weighted by atomic mass is 10.2. The number of hydrogen-bond acceptors (Lipinski definition) is 6. The van der Waals surface area contributed by atoms with Gasteiger partial charge in [-0.3, -0.25) is 14.5 Å². The Bertz CT molecular complexity index is 915. The minimum atomic E-state index is -0.396. The average molecular weight is 497 g/mol. The molecule has 140 valence electrons. The second kappa shape index (κ2) is 8.66. The van der Waals surface area contributed by atoms with Gasteiger partial charge >= 0.3 is 0 Å². The molecular formula is C19H16INO5S. The zero-order chi connectivity index (χ0) is 19.4. The number of carbonyl (C=O) groups excluding carboxylic acids is 2. The first kappa shape index (κ1) is 19.6. The predicted molar refractivity (Wildman–Crippen MR) is 112 cm³/mol. The van der Waals surface area contributed by atoms with Crippen LogP contribution in [-0.4, -0.2) is 41.4 Å². The number of benzene rings is 2. The molecule has 1 aliphatic rings. The molecule has 1 aliphatic heterocycles. The number of hydrogen-bond donors (Lipinski definition) is 1. The Hall–Kier alpha value is -2.20. The second-order valence-electron chi connectivity index (χ2n) is 5.54. The lowest BCUT2D eigenvalue weighted by Crippen LogP contribution is -2.32. The van der Waals surface area contributed by atoms with Crippen LogP contribution in [0.4, 0.5) is 4.79 Å². The van der Waals surface area contributed by atoms with E-state index in [2.05, 4.69) is 22.6 Å². The van der Waals surface area contributed by atoms with Crippen LogP contribution in [0, 0.1) is 3.57 Å². The predicted octanol–water partition coefficient (Wildman–Crippen LogP) is 4.12. The fourth-order valence-electron chi connectivity index (χ4n) is 2.46. The van der Waals surface area contributed by atoms with E-state index in [1.807, 2.05) is 12.1 Å². The van der Waals surface area contributed by atoms with Gasteiger partial charge in [-0.15, -0.1) is 0 Å². The second-order valence-corrected chi connectivity index (χ2v) is 7.77. The number of amides is 2. The molecule has 6 nitrogen and oxygen atoms in total. The van der Waals surface area contributed by atoms with Gasteiger partial charge in [-0.25, -0.2) is 0 Å². The van der Waals surface area contributed by atoms with Crippen molar-refractivity contribution in [2.45, 2.75) is 0 Å². The highest BCUT2D eigenvalue weighted by molar-refractivity contribution is 14.1. The first-order valence-corrected chi connectivity index (χ1v) is 9.89. The topological polar surface area (TPSA) is 76.1 Å². The zero-order valence-corrected chi connectivity index (χ0v) is 17.3. The number of para-hydroxylation sites is 2. The van der Waals surface area contributed by atoms with Gasteiger partial charge in [0.1, 0.15) is 12.4 Å². The molecule has 0 aromatic heterocycles. The third kappa shape index (κ3) is 4.56. The van der Waals surface area contributed by atoms with Gasteiger partial charge in [-0.05, 0) is 70.8 Å². The number of nitrogens with zero attached hydrogens (tertiary/aromatic N) is 1. The summed E-state index contributed by atoms with van der Waals surface area (Å²) in [6.07, 6.45) is 1.53. The largest absolute Gasteiger partial charge is 0.507 e. The van der Waals surface area contributed by atoms with E-state index < -0.39 is 5.91 Å². The van der Waals surface area contributed by atoms with Crippen molar-refractivity contribution in [1.29, 1.82) is 0 Å². The SMILES string of the molecule is COc1ccccc1OCCN1C(=O)S/C(=C\c2cc(I)ccc2O)C1=O. The average Bonchev–Trinajstić information content (AvgIpc) is 2.92. The van der Waals surface area contributed by atoms with Crippen molar-refractivity contribution in [3.05, 3.63) is 56.5 Å². The summed E-state index contributed by atoms with van der Waals surface area (Å²) in [7, 11) is 1.55. The van der Waals surface area contributed by atoms with Crippen molar-refractivity contribution in [2.75, 3.05) is 20.3 Å². The number of thioether (sulfide) groups is 1. The van der Waals surface area contributed by atoms with Crippen LogP contribution in [0.5, 0.6) is 17.2 Å². The summed E-state index contributed by atoms with van der Waals surface area (Å²) >= 11 is 2.97. The number of methoxy groups -OCH3 is 1. The first-order valence-electron chi connectivity index (χ1n) is 7.99. The molecule has 2 amide bonds. The summed E-state index contributed by atoms with van der Waals surface area (Å²) < 4.78 is 11.8. The summed E-state index contributed by atoms with van der Waals surface area (Å²) in [6.45, 7) is 0.276. The van der Waals surface area contributed by atoms with Gasteiger partial charge in [0.25, 0.3) is 11.1 Å². The van der Waals surface area contributed by atoms with E-state index in [9.17, 15) is 14.7 Å². The number of phenolic OH excluding ortho intramolecular Hbond substituents is 1. The Morgan fingerprint density at radius 3 is 2.67 bits per heavy atom. The molecule has 0 radical (unpaired) electrons. The number of rotatable bonds is 6. The van der Waals surface area contributed by atoms with Crippen LogP contribution in [-0.2, 0) is 4.79 Å². The van der Waals surface area contributed by atoms with E-state index in [4.69, 9.17) is 9.47 Å². The molecule has 0 unspecified atom stereocenters. The van der Waals surface area contributed by atoms with Crippen molar-refractivity contribution in [2.24, 2.45) is 0 Å². The third-order valence-corrected chi connectivity index (χ3v) is 5.37. The van der Waals surface area contributed by atoms with Crippen LogP contribution in [0.3, 0.4) is 0 Å². The molecule has 0 atom stereocenters. The molecule has 8 heteroatoms. The zero-order valence-electron chi connectivity index (χ0n) is 14.3. The Morgan fingerprint density at radius 1 is 1.19 bits per heavy atom. The Morgan fingerprint density at radius 2 is 1.93 bits per heavy atom. The van der Waals surface area contributed by atoms with E-state index in [0.29, 0.717) is 17.1 Å². The highest BCUT2D eigenvalue weighted by Gasteiger charge is 2.35. The van der Waals surface area contributed by atoms with Crippen LogP contribution in [0.2, 0.25) is 0 Å². The highest BCUT2D eigenvalue weighted by Crippen LogP contribution is 2.34. The summed E-state index contributed by atoms with van der Waals surface area (Å²) in [5.41, 5.74) is 0.498. The number of halogens is 1. The van der Waals surface area contributed by atoms with Crippen molar-refractivity contribution in [3.63, 3.8) is 0 Å². The number of ether oxygens (including phenoxy) is 2. The van der Waals surface area contributed by atoms with E-state index in [-0.39, 0.29) is 29.0 Å². The maximum absolute atomic E-state index is 12.5. The molecule has 2 aromatic carbocycles. The summed E-state index contributed by atoms with van der Waals surface area (Å²) in [6, 6.07) is 12.2. The quantitative estimate of drug-likeness (QED) is 0.478. The fraction of sp³-hybridized carbons (Fsp3) is 0.158. The molecule has 0 spiro atoms. The molecule has 0 aliphatic carbocycles. The molecule has 1 heterocycles. The van der Waals surface area contributed by atoms with Crippen molar-refractivity contribution >= 4 is 51.6 Å². The van der Waals surface area contributed by atoms with Crippen LogP contribution in [0.15, 0.2) is 47.4 Å². The van der Waals surface area contributed by atoms with Crippen molar-refractivity contribution < 1.29 is 24.2 Å². The maximum Gasteiger partial charge on any atom is 0.293 e. The number of imide groups is 1. The van der Waals surface area contributed by atoms with Crippen LogP contribution in [0.25, 0.3) is 6.08 Å². The summed E-state index contributed by atoms with van der Waals surface area (Å²) in [4.78, 5) is 26.1. The molecule has 0 bridgehead atoms. The Kier molecular flexibility index (Phi) is 6.27. The molecule has 0 saturated carbocycles. The molecular weight excluding hydrogens is 481 g/mol. The minimum absolute atomic E-state index is 0.0571. The minimum Gasteiger partial charge on any atom is -0.507 e. The fourth-order valence-corrected chi connectivity index (χ4v) is 3.83. The van der Waals surface area contributed by atoms with Crippen LogP contribution < -0.4 is 9.47 Å². The lowest BCUT2D eigenvalue weighted by Gasteiger charge is -2.14. The maximum atomic E-state index is 12.5. The first-order chi connectivity index (χ1) is 13.0. The van der Waals surface area contributed by atoms with Crippen molar-refractivity contribution in [1.82, 2.24) is 4.90 Å². The van der Waals surface area contributed by atoms with Crippen LogP contribution >= 0.6 is 34.4 Å².